The van der Waals surface area contributed by atoms with E-state index in [1.165, 1.54) is 13.2 Å². The van der Waals surface area contributed by atoms with E-state index in [0.717, 1.165) is 11.6 Å². The van der Waals surface area contributed by atoms with E-state index in [-0.39, 0.29) is 18.0 Å². The van der Waals surface area contributed by atoms with Crippen molar-refractivity contribution in [3.05, 3.63) is 68.9 Å². The average molecular weight is 392 g/mol. The van der Waals surface area contributed by atoms with Crippen molar-refractivity contribution in [3.8, 4) is 17.1 Å². The van der Waals surface area contributed by atoms with E-state index in [2.05, 4.69) is 10.3 Å². The third kappa shape index (κ3) is 4.01. The molecule has 0 aliphatic carbocycles. The maximum atomic E-state index is 14.0. The molecule has 0 amide bonds. The molecule has 0 saturated carbocycles. The Balaban J connectivity index is 1.85. The minimum atomic E-state index is -0.993. The van der Waals surface area contributed by atoms with Crippen LogP contribution in [0.5, 0.6) is 5.75 Å². The highest BCUT2D eigenvalue weighted by atomic mass is 35.5. The van der Waals surface area contributed by atoms with Gasteiger partial charge in [0.15, 0.2) is 5.76 Å². The summed E-state index contributed by atoms with van der Waals surface area (Å²) in [5.74, 6) is 0.0306. The van der Waals surface area contributed by atoms with Crippen molar-refractivity contribution < 1.29 is 18.5 Å². The van der Waals surface area contributed by atoms with Crippen LogP contribution in [-0.2, 0) is 6.54 Å². The Kier molecular flexibility index (Phi) is 5.27. The summed E-state index contributed by atoms with van der Waals surface area (Å²) in [6, 6.07) is 9.37. The third-order valence-corrected chi connectivity index (χ3v) is 4.08. The Morgan fingerprint density at radius 1 is 1.33 bits per heavy atom. The largest absolute Gasteiger partial charge is 0.497 e. The van der Waals surface area contributed by atoms with Crippen LogP contribution in [0.3, 0.4) is 0 Å². The van der Waals surface area contributed by atoms with Gasteiger partial charge in [0.2, 0.25) is 11.7 Å². The highest BCUT2D eigenvalue weighted by Crippen LogP contribution is 2.33. The lowest BCUT2D eigenvalue weighted by Gasteiger charge is -2.08. The van der Waals surface area contributed by atoms with E-state index in [1.54, 1.807) is 31.2 Å². The van der Waals surface area contributed by atoms with Gasteiger partial charge in [-0.3, -0.25) is 10.1 Å². The summed E-state index contributed by atoms with van der Waals surface area (Å²) in [6.45, 7) is 1.81. The number of aryl methyl sites for hydroxylation is 1. The normalized spacial score (nSPS) is 10.7. The molecule has 9 heteroatoms. The molecule has 7 nitrogen and oxygen atoms in total. The number of hydrogen-bond acceptors (Lipinski definition) is 6. The van der Waals surface area contributed by atoms with Crippen LogP contribution in [-0.4, -0.2) is 17.0 Å². The first kappa shape index (κ1) is 18.7. The van der Waals surface area contributed by atoms with Crippen molar-refractivity contribution >= 4 is 23.0 Å². The van der Waals surface area contributed by atoms with Gasteiger partial charge in [0.1, 0.15) is 11.4 Å². The van der Waals surface area contributed by atoms with Gasteiger partial charge in [-0.25, -0.2) is 4.98 Å². The zero-order valence-corrected chi connectivity index (χ0v) is 15.2. The Morgan fingerprint density at radius 2 is 2.04 bits per heavy atom. The highest BCUT2D eigenvalue weighted by molar-refractivity contribution is 6.30. The number of halogens is 2. The molecule has 0 fully saturated rings. The van der Waals surface area contributed by atoms with Gasteiger partial charge in [0.25, 0.3) is 0 Å². The zero-order chi connectivity index (χ0) is 19.6. The molecule has 3 aromatic rings. The van der Waals surface area contributed by atoms with Crippen LogP contribution >= 0.6 is 11.6 Å². The predicted octanol–water partition coefficient (Wildman–Crippen LogP) is 4.97. The summed E-state index contributed by atoms with van der Waals surface area (Å²) < 4.78 is 24.7. The van der Waals surface area contributed by atoms with E-state index < -0.39 is 16.4 Å². The van der Waals surface area contributed by atoms with Crippen LogP contribution in [0.25, 0.3) is 11.3 Å². The van der Waals surface area contributed by atoms with Crippen LogP contribution in [0.2, 0.25) is 5.02 Å². The first-order valence-corrected chi connectivity index (χ1v) is 8.25. The monoisotopic (exact) mass is 391 g/mol. The van der Waals surface area contributed by atoms with E-state index >= 15 is 0 Å². The number of aromatic nitrogens is 1. The smallest absolute Gasteiger partial charge is 0.327 e. The first-order chi connectivity index (χ1) is 12.9. The van der Waals surface area contributed by atoms with Gasteiger partial charge in [0.05, 0.1) is 24.3 Å². The fourth-order valence-electron chi connectivity index (χ4n) is 2.58. The number of anilines is 1. The second kappa shape index (κ2) is 7.63. The standard InChI is InChI=1S/C18H15ClFN3O4/c1-10-18(11-3-5-12(19)6-4-11)27-16(22-10)9-21-15-8-13(26-2)7-14(20)17(15)23(24)25/h3-8,21H,9H2,1-2H3. The summed E-state index contributed by atoms with van der Waals surface area (Å²) in [5, 5.41) is 14.5. The molecule has 0 aliphatic heterocycles. The zero-order valence-electron chi connectivity index (χ0n) is 14.5. The van der Waals surface area contributed by atoms with Gasteiger partial charge in [-0.05, 0) is 31.2 Å². The highest BCUT2D eigenvalue weighted by Gasteiger charge is 2.22. The Bertz CT molecular complexity index is 989. The maximum Gasteiger partial charge on any atom is 0.327 e. The fourth-order valence-corrected chi connectivity index (χ4v) is 2.71. The molecule has 1 N–H and O–H groups in total. The van der Waals surface area contributed by atoms with Crippen LogP contribution in [0.1, 0.15) is 11.6 Å². The lowest BCUT2D eigenvalue weighted by atomic mass is 10.1. The van der Waals surface area contributed by atoms with Crippen LogP contribution in [0.15, 0.2) is 40.8 Å². The number of rotatable bonds is 6. The minimum absolute atomic E-state index is 0.0271. The Labute approximate surface area is 158 Å². The van der Waals surface area contributed by atoms with Crippen molar-refractivity contribution in [1.29, 1.82) is 0 Å². The van der Waals surface area contributed by atoms with E-state index in [4.69, 9.17) is 20.8 Å². The van der Waals surface area contributed by atoms with Crippen molar-refractivity contribution in [2.24, 2.45) is 0 Å². The lowest BCUT2D eigenvalue weighted by molar-refractivity contribution is -0.386. The minimum Gasteiger partial charge on any atom is -0.497 e. The molecule has 1 heterocycles. The maximum absolute atomic E-state index is 14.0. The number of hydrogen-bond donors (Lipinski definition) is 1. The predicted molar refractivity (Wildman–Crippen MR) is 98.6 cm³/mol. The number of nitro benzene ring substituents is 1. The second-order valence-corrected chi connectivity index (χ2v) is 6.08. The Morgan fingerprint density at radius 3 is 2.67 bits per heavy atom. The topological polar surface area (TPSA) is 90.4 Å². The molecule has 140 valence electrons. The van der Waals surface area contributed by atoms with Crippen LogP contribution in [0.4, 0.5) is 15.8 Å². The van der Waals surface area contributed by atoms with E-state index in [9.17, 15) is 14.5 Å². The summed E-state index contributed by atoms with van der Waals surface area (Å²) in [4.78, 5) is 14.7. The number of nitrogens with zero attached hydrogens (tertiary/aromatic N) is 2. The molecule has 27 heavy (non-hydrogen) atoms. The fraction of sp³-hybridized carbons (Fsp3) is 0.167. The molecule has 2 aromatic carbocycles. The van der Waals surface area contributed by atoms with Gasteiger partial charge >= 0.3 is 5.69 Å². The number of nitrogens with one attached hydrogen (secondary N) is 1. The average Bonchev–Trinajstić information content (AvgIpc) is 3.00. The van der Waals surface area contributed by atoms with E-state index in [1.807, 2.05) is 0 Å². The summed E-state index contributed by atoms with van der Waals surface area (Å²) in [7, 11) is 1.35. The molecule has 0 bridgehead atoms. The number of benzene rings is 2. The van der Waals surface area contributed by atoms with Crippen molar-refractivity contribution in [2.45, 2.75) is 13.5 Å². The molecule has 3 rings (SSSR count). The van der Waals surface area contributed by atoms with Crippen LogP contribution < -0.4 is 10.1 Å². The molecule has 1 aromatic heterocycles. The SMILES string of the molecule is COc1cc(F)c([N+](=O)[O-])c(NCc2nc(C)c(-c3ccc(Cl)cc3)o2)c1. The van der Waals surface area contributed by atoms with E-state index in [0.29, 0.717) is 22.4 Å². The Hall–Kier alpha value is -3.13. The van der Waals surface area contributed by atoms with Gasteiger partial charge < -0.3 is 14.5 Å². The second-order valence-electron chi connectivity index (χ2n) is 5.65. The lowest BCUT2D eigenvalue weighted by Crippen LogP contribution is -2.05. The number of nitro groups is 1. The number of oxazole rings is 1. The molecule has 0 spiro atoms. The van der Waals surface area contributed by atoms with Gasteiger partial charge in [-0.1, -0.05) is 11.6 Å². The molecule has 0 atom stereocenters. The number of ether oxygens (including phenoxy) is 1. The van der Waals surface area contributed by atoms with Gasteiger partial charge in [-0.2, -0.15) is 4.39 Å². The van der Waals surface area contributed by atoms with Crippen molar-refractivity contribution in [2.75, 3.05) is 12.4 Å². The molecule has 0 unspecified atom stereocenters. The van der Waals surface area contributed by atoms with Gasteiger partial charge in [0, 0.05) is 22.7 Å². The molecular formula is C18H15ClFN3O4. The molecule has 0 aliphatic rings. The molecule has 0 radical (unpaired) electrons. The molecular weight excluding hydrogens is 377 g/mol. The van der Waals surface area contributed by atoms with Gasteiger partial charge in [-0.15, -0.1) is 0 Å². The van der Waals surface area contributed by atoms with Crippen molar-refractivity contribution in [3.63, 3.8) is 0 Å². The summed E-state index contributed by atoms with van der Waals surface area (Å²) >= 11 is 5.89. The third-order valence-electron chi connectivity index (χ3n) is 3.83. The van der Waals surface area contributed by atoms with Crippen molar-refractivity contribution in [1.82, 2.24) is 4.98 Å². The summed E-state index contributed by atoms with van der Waals surface area (Å²) in [6.07, 6.45) is 0. The molecule has 0 saturated heterocycles. The summed E-state index contributed by atoms with van der Waals surface area (Å²) in [5.41, 5.74) is 0.757. The number of methoxy groups -OCH3 is 1. The first-order valence-electron chi connectivity index (χ1n) is 7.87. The van der Waals surface area contributed by atoms with Crippen LogP contribution in [0, 0.1) is 22.9 Å². The quantitative estimate of drug-likeness (QED) is 0.471.